The highest BCUT2D eigenvalue weighted by Crippen LogP contribution is 2.30. The second-order valence-corrected chi connectivity index (χ2v) is 6.22. The molecule has 0 amide bonds. The first kappa shape index (κ1) is 13.8. The highest BCUT2D eigenvalue weighted by molar-refractivity contribution is 6.28. The van der Waals surface area contributed by atoms with Crippen LogP contribution in [-0.2, 0) is 0 Å². The smallest absolute Gasteiger partial charge is 0.231 e. The fraction of sp³-hybridized carbons (Fsp3) is 0.769. The standard InChI is InChI=1S/C13H21ClN6/c1-18(2)12-15-11(14)16-13(17-12)20-7-6-9-4-5-10(8-20)19(9)3/h9-10H,4-8H2,1-3H3. The second kappa shape index (κ2) is 5.33. The molecule has 2 atom stereocenters. The Kier molecular flexibility index (Phi) is 3.69. The van der Waals surface area contributed by atoms with E-state index < -0.39 is 0 Å². The highest BCUT2D eigenvalue weighted by atomic mass is 35.5. The molecule has 2 aliphatic heterocycles. The molecule has 2 fully saturated rings. The first-order chi connectivity index (χ1) is 9.54. The van der Waals surface area contributed by atoms with Crippen molar-refractivity contribution in [2.45, 2.75) is 31.3 Å². The zero-order valence-electron chi connectivity index (χ0n) is 12.3. The van der Waals surface area contributed by atoms with Crippen molar-refractivity contribution in [2.75, 3.05) is 44.0 Å². The minimum absolute atomic E-state index is 0.265. The summed E-state index contributed by atoms with van der Waals surface area (Å²) in [7, 11) is 6.05. The Morgan fingerprint density at radius 2 is 1.85 bits per heavy atom. The quantitative estimate of drug-likeness (QED) is 0.819. The van der Waals surface area contributed by atoms with Crippen molar-refractivity contribution in [2.24, 2.45) is 0 Å². The summed E-state index contributed by atoms with van der Waals surface area (Å²) in [5.41, 5.74) is 0. The van der Waals surface area contributed by atoms with Crippen LogP contribution in [0.2, 0.25) is 5.28 Å². The molecule has 2 unspecified atom stereocenters. The van der Waals surface area contributed by atoms with E-state index in [2.05, 4.69) is 31.8 Å². The van der Waals surface area contributed by atoms with Crippen molar-refractivity contribution in [3.63, 3.8) is 0 Å². The van der Waals surface area contributed by atoms with Crippen LogP contribution in [0.4, 0.5) is 11.9 Å². The van der Waals surface area contributed by atoms with Gasteiger partial charge in [-0.2, -0.15) is 15.0 Å². The summed E-state index contributed by atoms with van der Waals surface area (Å²) in [6.45, 7) is 1.96. The van der Waals surface area contributed by atoms with Crippen molar-refractivity contribution >= 4 is 23.5 Å². The number of hydrogen-bond acceptors (Lipinski definition) is 6. The molecule has 3 heterocycles. The molecule has 0 N–H and O–H groups in total. The third kappa shape index (κ3) is 2.54. The Morgan fingerprint density at radius 3 is 2.60 bits per heavy atom. The average Bonchev–Trinajstić information content (AvgIpc) is 2.62. The number of nitrogens with zero attached hydrogens (tertiary/aromatic N) is 6. The molecule has 20 heavy (non-hydrogen) atoms. The van der Waals surface area contributed by atoms with Crippen LogP contribution in [0.15, 0.2) is 0 Å². The summed E-state index contributed by atoms with van der Waals surface area (Å²) in [6, 6.07) is 1.30. The maximum atomic E-state index is 6.04. The van der Waals surface area contributed by atoms with Crippen LogP contribution in [0.5, 0.6) is 0 Å². The molecule has 1 aromatic rings. The van der Waals surface area contributed by atoms with Crippen LogP contribution in [0, 0.1) is 0 Å². The average molecular weight is 297 g/mol. The van der Waals surface area contributed by atoms with Gasteiger partial charge in [0, 0.05) is 39.3 Å². The highest BCUT2D eigenvalue weighted by Gasteiger charge is 2.35. The maximum Gasteiger partial charge on any atom is 0.231 e. The topological polar surface area (TPSA) is 48.4 Å². The van der Waals surface area contributed by atoms with Crippen molar-refractivity contribution in [1.29, 1.82) is 0 Å². The van der Waals surface area contributed by atoms with E-state index in [1.807, 2.05) is 19.0 Å². The number of aromatic nitrogens is 3. The van der Waals surface area contributed by atoms with E-state index >= 15 is 0 Å². The zero-order valence-corrected chi connectivity index (χ0v) is 13.0. The van der Waals surface area contributed by atoms with Gasteiger partial charge in [-0.25, -0.2) is 0 Å². The molecule has 2 saturated heterocycles. The largest absolute Gasteiger partial charge is 0.347 e. The number of halogens is 1. The Bertz CT molecular complexity index is 494. The predicted octanol–water partition coefficient (Wildman–Crippen LogP) is 1.26. The lowest BCUT2D eigenvalue weighted by molar-refractivity contribution is 0.254. The maximum absolute atomic E-state index is 6.04. The SMILES string of the molecule is CN(C)c1nc(Cl)nc(N2CCC3CCC(C2)N3C)n1. The van der Waals surface area contributed by atoms with E-state index in [1.165, 1.54) is 12.8 Å². The lowest BCUT2D eigenvalue weighted by Crippen LogP contribution is -2.37. The molecular weight excluding hydrogens is 276 g/mol. The number of fused-ring (bicyclic) bond motifs is 2. The molecule has 7 heteroatoms. The van der Waals surface area contributed by atoms with Crippen LogP contribution < -0.4 is 9.80 Å². The van der Waals surface area contributed by atoms with Gasteiger partial charge < -0.3 is 9.80 Å². The van der Waals surface area contributed by atoms with Crippen molar-refractivity contribution in [1.82, 2.24) is 19.9 Å². The van der Waals surface area contributed by atoms with Crippen molar-refractivity contribution in [3.05, 3.63) is 5.28 Å². The van der Waals surface area contributed by atoms with Gasteiger partial charge in [0.1, 0.15) is 0 Å². The molecule has 3 rings (SSSR count). The van der Waals surface area contributed by atoms with Crippen molar-refractivity contribution in [3.8, 4) is 0 Å². The Hall–Kier alpha value is -1.14. The Labute approximate surface area is 124 Å². The van der Waals surface area contributed by atoms with Gasteiger partial charge in [-0.05, 0) is 37.9 Å². The minimum atomic E-state index is 0.265. The molecule has 0 spiro atoms. The van der Waals surface area contributed by atoms with E-state index in [4.69, 9.17) is 11.6 Å². The minimum Gasteiger partial charge on any atom is -0.347 e. The van der Waals surface area contributed by atoms with Crippen LogP contribution in [0.3, 0.4) is 0 Å². The molecule has 0 radical (unpaired) electrons. The van der Waals surface area contributed by atoms with Crippen LogP contribution in [0.25, 0.3) is 0 Å². The van der Waals surface area contributed by atoms with Gasteiger partial charge in [0.25, 0.3) is 0 Å². The summed E-state index contributed by atoms with van der Waals surface area (Å²) in [5.74, 6) is 1.32. The van der Waals surface area contributed by atoms with Gasteiger partial charge >= 0.3 is 0 Å². The summed E-state index contributed by atoms with van der Waals surface area (Å²) in [5, 5.41) is 0.265. The molecule has 0 aromatic carbocycles. The zero-order chi connectivity index (χ0) is 14.3. The van der Waals surface area contributed by atoms with Crippen LogP contribution >= 0.6 is 11.6 Å². The molecule has 0 aliphatic carbocycles. The van der Waals surface area contributed by atoms with E-state index in [0.717, 1.165) is 19.5 Å². The summed E-state index contributed by atoms with van der Waals surface area (Å²) < 4.78 is 0. The molecule has 6 nitrogen and oxygen atoms in total. The molecule has 0 saturated carbocycles. The van der Waals surface area contributed by atoms with Gasteiger partial charge in [-0.15, -0.1) is 0 Å². The van der Waals surface area contributed by atoms with Gasteiger partial charge in [0.15, 0.2) is 0 Å². The number of likely N-dealkylation sites (N-methyl/N-ethyl adjacent to an activating group) is 1. The number of anilines is 2. The lowest BCUT2D eigenvalue weighted by atomic mass is 10.1. The molecule has 110 valence electrons. The van der Waals surface area contributed by atoms with E-state index in [0.29, 0.717) is 24.0 Å². The van der Waals surface area contributed by atoms with Crippen LogP contribution in [-0.4, -0.2) is 66.2 Å². The summed E-state index contributed by atoms with van der Waals surface area (Å²) >= 11 is 6.04. The fourth-order valence-corrected chi connectivity index (χ4v) is 3.31. The van der Waals surface area contributed by atoms with Gasteiger partial charge in [0.2, 0.25) is 17.2 Å². The third-order valence-electron chi connectivity index (χ3n) is 4.42. The van der Waals surface area contributed by atoms with Crippen LogP contribution in [0.1, 0.15) is 19.3 Å². The molecule has 1 aromatic heterocycles. The number of hydrogen-bond donors (Lipinski definition) is 0. The first-order valence-electron chi connectivity index (χ1n) is 7.10. The fourth-order valence-electron chi connectivity index (χ4n) is 3.16. The normalized spacial score (nSPS) is 26.7. The van der Waals surface area contributed by atoms with Gasteiger partial charge in [-0.1, -0.05) is 0 Å². The van der Waals surface area contributed by atoms with E-state index in [9.17, 15) is 0 Å². The van der Waals surface area contributed by atoms with Crippen molar-refractivity contribution < 1.29 is 0 Å². The molecular formula is C13H21ClN6. The predicted molar refractivity (Wildman–Crippen MR) is 80.6 cm³/mol. The summed E-state index contributed by atoms with van der Waals surface area (Å²) in [4.78, 5) is 19.6. The summed E-state index contributed by atoms with van der Waals surface area (Å²) in [6.07, 6.45) is 3.74. The van der Waals surface area contributed by atoms with Gasteiger partial charge in [0.05, 0.1) is 0 Å². The Balaban J connectivity index is 1.86. The van der Waals surface area contributed by atoms with Gasteiger partial charge in [-0.3, -0.25) is 4.90 Å². The third-order valence-corrected chi connectivity index (χ3v) is 4.58. The Morgan fingerprint density at radius 1 is 1.10 bits per heavy atom. The molecule has 2 aliphatic rings. The first-order valence-corrected chi connectivity index (χ1v) is 7.48. The second-order valence-electron chi connectivity index (χ2n) is 5.88. The number of rotatable bonds is 2. The monoisotopic (exact) mass is 296 g/mol. The lowest BCUT2D eigenvalue weighted by Gasteiger charge is -2.26. The van der Waals surface area contributed by atoms with E-state index in [-0.39, 0.29) is 5.28 Å². The molecule has 2 bridgehead atoms. The van der Waals surface area contributed by atoms with E-state index in [1.54, 1.807) is 0 Å².